The van der Waals surface area contributed by atoms with Crippen LogP contribution in [0.5, 0.6) is 5.75 Å². The van der Waals surface area contributed by atoms with Crippen molar-refractivity contribution >= 4 is 35.0 Å². The van der Waals surface area contributed by atoms with Crippen molar-refractivity contribution in [2.75, 3.05) is 13.7 Å². The normalized spacial score (nSPS) is 18.9. The van der Waals surface area contributed by atoms with E-state index in [0.717, 1.165) is 22.6 Å². The van der Waals surface area contributed by atoms with E-state index < -0.39 is 11.9 Å². The van der Waals surface area contributed by atoms with E-state index in [1.54, 1.807) is 25.3 Å². The summed E-state index contributed by atoms with van der Waals surface area (Å²) in [4.78, 5) is 27.4. The molecule has 0 radical (unpaired) electrons. The third-order valence-electron chi connectivity index (χ3n) is 7.37. The molecule has 0 amide bonds. The van der Waals surface area contributed by atoms with Crippen molar-refractivity contribution in [3.63, 3.8) is 0 Å². The molecule has 0 aromatic heterocycles. The van der Waals surface area contributed by atoms with E-state index in [9.17, 15) is 9.59 Å². The van der Waals surface area contributed by atoms with Crippen LogP contribution < -0.4 is 10.1 Å². The maximum Gasteiger partial charge on any atom is 0.336 e. The third kappa shape index (κ3) is 5.75. The fourth-order valence-corrected chi connectivity index (χ4v) is 5.97. The Hall–Kier alpha value is -3.54. The van der Waals surface area contributed by atoms with Gasteiger partial charge in [0, 0.05) is 45.8 Å². The molecule has 1 heterocycles. The van der Waals surface area contributed by atoms with E-state index in [2.05, 4.69) is 5.32 Å². The molecule has 3 aromatic carbocycles. The molecule has 39 heavy (non-hydrogen) atoms. The van der Waals surface area contributed by atoms with Crippen molar-refractivity contribution < 1.29 is 19.1 Å². The Morgan fingerprint density at radius 1 is 1.00 bits per heavy atom. The van der Waals surface area contributed by atoms with Crippen molar-refractivity contribution in [2.45, 2.75) is 38.0 Å². The summed E-state index contributed by atoms with van der Waals surface area (Å²) in [6, 6.07) is 22.8. The van der Waals surface area contributed by atoms with E-state index in [4.69, 9.17) is 32.7 Å². The molecule has 5 nitrogen and oxygen atoms in total. The molecule has 2 aliphatic rings. The molecule has 0 bridgehead atoms. The second kappa shape index (κ2) is 11.7. The number of carbonyl (C=O) groups is 2. The highest BCUT2D eigenvalue weighted by Crippen LogP contribution is 2.47. The first-order valence-electron chi connectivity index (χ1n) is 12.9. The average molecular weight is 562 g/mol. The number of methoxy groups -OCH3 is 1. The van der Waals surface area contributed by atoms with Crippen LogP contribution in [0.3, 0.4) is 0 Å². The van der Waals surface area contributed by atoms with E-state index in [0.29, 0.717) is 51.7 Å². The first-order chi connectivity index (χ1) is 18.9. The lowest BCUT2D eigenvalue weighted by atomic mass is 9.71. The van der Waals surface area contributed by atoms with Crippen LogP contribution in [0.2, 0.25) is 10.0 Å². The molecule has 1 aliphatic carbocycles. The van der Waals surface area contributed by atoms with Crippen LogP contribution in [-0.2, 0) is 20.7 Å². The van der Waals surface area contributed by atoms with Crippen LogP contribution in [0.1, 0.15) is 48.3 Å². The molecule has 0 fully saturated rings. The number of halogens is 2. The van der Waals surface area contributed by atoms with Gasteiger partial charge in [-0.15, -0.1) is 0 Å². The maximum absolute atomic E-state index is 13.8. The predicted octanol–water partition coefficient (Wildman–Crippen LogP) is 7.15. The first-order valence-corrected chi connectivity index (χ1v) is 13.6. The highest BCUT2D eigenvalue weighted by molar-refractivity contribution is 6.35. The summed E-state index contributed by atoms with van der Waals surface area (Å²) in [5, 5.41) is 4.26. The van der Waals surface area contributed by atoms with Gasteiger partial charge in [-0.2, -0.15) is 0 Å². The largest absolute Gasteiger partial charge is 0.497 e. The second-order valence-electron chi connectivity index (χ2n) is 9.83. The number of rotatable bonds is 7. The van der Waals surface area contributed by atoms with Crippen LogP contribution in [0.4, 0.5) is 0 Å². The molecule has 1 aliphatic heterocycles. The number of hydrogen-bond acceptors (Lipinski definition) is 5. The lowest BCUT2D eigenvalue weighted by molar-refractivity contribution is -0.139. The summed E-state index contributed by atoms with van der Waals surface area (Å²) in [5.74, 6) is -0.378. The van der Waals surface area contributed by atoms with Gasteiger partial charge in [-0.3, -0.25) is 4.79 Å². The molecule has 7 heteroatoms. The number of Topliss-reactive ketones (excluding diaryl/α,β-unsaturated/α-hetero) is 1. The van der Waals surface area contributed by atoms with Crippen LogP contribution >= 0.6 is 23.2 Å². The summed E-state index contributed by atoms with van der Waals surface area (Å²) < 4.78 is 11.0. The Labute approximate surface area is 238 Å². The summed E-state index contributed by atoms with van der Waals surface area (Å²) >= 11 is 12.9. The fraction of sp³-hybridized carbons (Fsp3) is 0.250. The Morgan fingerprint density at radius 3 is 2.44 bits per heavy atom. The molecule has 0 unspecified atom stereocenters. The van der Waals surface area contributed by atoms with Crippen LogP contribution in [0.25, 0.3) is 0 Å². The quantitative estimate of drug-likeness (QED) is 0.310. The molecule has 200 valence electrons. The number of dihydropyridines is 1. The molecule has 2 atom stereocenters. The number of ketones is 1. The number of carbonyl (C=O) groups excluding carboxylic acids is 2. The van der Waals surface area contributed by atoms with Gasteiger partial charge in [0.15, 0.2) is 5.78 Å². The van der Waals surface area contributed by atoms with Crippen molar-refractivity contribution in [1.29, 1.82) is 0 Å². The first kappa shape index (κ1) is 27.0. The molecule has 1 N–H and O–H groups in total. The molecule has 0 saturated heterocycles. The molecule has 3 aromatic rings. The Kier molecular flexibility index (Phi) is 8.10. The zero-order chi connectivity index (χ0) is 27.5. The monoisotopic (exact) mass is 561 g/mol. The van der Waals surface area contributed by atoms with Crippen molar-refractivity contribution in [2.24, 2.45) is 0 Å². The van der Waals surface area contributed by atoms with Crippen molar-refractivity contribution in [3.8, 4) is 5.75 Å². The van der Waals surface area contributed by atoms with Gasteiger partial charge in [-0.05, 0) is 60.2 Å². The number of ether oxygens (including phenoxy) is 2. The van der Waals surface area contributed by atoms with Crippen molar-refractivity contribution in [3.05, 3.63) is 122 Å². The van der Waals surface area contributed by atoms with Gasteiger partial charge in [0.2, 0.25) is 0 Å². The zero-order valence-electron chi connectivity index (χ0n) is 21.8. The van der Waals surface area contributed by atoms with E-state index in [1.807, 2.05) is 61.5 Å². The minimum absolute atomic E-state index is 0.00294. The smallest absolute Gasteiger partial charge is 0.336 e. The summed E-state index contributed by atoms with van der Waals surface area (Å²) in [5.41, 5.74) is 5.20. The highest BCUT2D eigenvalue weighted by Gasteiger charge is 2.42. The number of benzene rings is 3. The van der Waals surface area contributed by atoms with E-state index in [1.165, 1.54) is 0 Å². The van der Waals surface area contributed by atoms with Crippen molar-refractivity contribution in [1.82, 2.24) is 5.32 Å². The zero-order valence-corrected chi connectivity index (χ0v) is 23.3. The summed E-state index contributed by atoms with van der Waals surface area (Å²) in [6.45, 7) is 2.07. The standard InChI is InChI=1S/C32H29Cl2NO4/c1-19-29(32(37)39-15-14-20-6-4-3-5-7-20)30(25-13-10-23(33)18-26(25)34)31-27(35-19)16-22(17-28(31)36)21-8-11-24(38-2)12-9-21/h3-13,18,22,30,35H,14-17H2,1-2H3/t22-,30+/m1/s1. The minimum Gasteiger partial charge on any atom is -0.497 e. The topological polar surface area (TPSA) is 64.6 Å². The Balaban J connectivity index is 1.48. The summed E-state index contributed by atoms with van der Waals surface area (Å²) in [7, 11) is 1.63. The lowest BCUT2D eigenvalue weighted by Gasteiger charge is -2.37. The third-order valence-corrected chi connectivity index (χ3v) is 7.94. The molecular formula is C32H29Cl2NO4. The Bertz CT molecular complexity index is 1460. The van der Waals surface area contributed by atoms with Gasteiger partial charge in [-0.1, -0.05) is 71.7 Å². The van der Waals surface area contributed by atoms with Gasteiger partial charge in [0.05, 0.1) is 19.3 Å². The van der Waals surface area contributed by atoms with Gasteiger partial charge >= 0.3 is 5.97 Å². The number of allylic oxidation sites excluding steroid dienone is 3. The van der Waals surface area contributed by atoms with Gasteiger partial charge in [0.1, 0.15) is 5.75 Å². The maximum atomic E-state index is 13.8. The van der Waals surface area contributed by atoms with Gasteiger partial charge in [0.25, 0.3) is 0 Å². The van der Waals surface area contributed by atoms with Gasteiger partial charge < -0.3 is 14.8 Å². The molecule has 0 spiro atoms. The van der Waals surface area contributed by atoms with E-state index >= 15 is 0 Å². The molecule has 0 saturated carbocycles. The summed E-state index contributed by atoms with van der Waals surface area (Å²) in [6.07, 6.45) is 1.54. The van der Waals surface area contributed by atoms with Crippen LogP contribution in [-0.4, -0.2) is 25.5 Å². The SMILES string of the molecule is COc1ccc([C@H]2CC(=O)C3=C(C2)NC(C)=C(C(=O)OCCc2ccccc2)[C@@H]3c2ccc(Cl)cc2Cl)cc1. The molecule has 5 rings (SSSR count). The van der Waals surface area contributed by atoms with E-state index in [-0.39, 0.29) is 18.3 Å². The number of esters is 1. The second-order valence-corrected chi connectivity index (χ2v) is 10.7. The number of nitrogens with one attached hydrogen (secondary N) is 1. The van der Waals surface area contributed by atoms with Crippen LogP contribution in [0, 0.1) is 0 Å². The molecular weight excluding hydrogens is 533 g/mol. The fourth-order valence-electron chi connectivity index (χ4n) is 5.45. The number of hydrogen-bond donors (Lipinski definition) is 1. The predicted molar refractivity (Wildman–Crippen MR) is 153 cm³/mol. The Morgan fingerprint density at radius 2 is 1.74 bits per heavy atom. The van der Waals surface area contributed by atoms with Crippen LogP contribution in [0.15, 0.2) is 95.3 Å². The highest BCUT2D eigenvalue weighted by atomic mass is 35.5. The average Bonchev–Trinajstić information content (AvgIpc) is 2.93. The lowest BCUT2D eigenvalue weighted by Crippen LogP contribution is -2.36. The minimum atomic E-state index is -0.653. The van der Waals surface area contributed by atoms with Gasteiger partial charge in [-0.25, -0.2) is 4.79 Å².